The second-order valence-corrected chi connectivity index (χ2v) is 11.0. The van der Waals surface area contributed by atoms with Crippen LogP contribution in [0.5, 0.6) is 0 Å². The maximum absolute atomic E-state index is 11.1. The van der Waals surface area contributed by atoms with Gasteiger partial charge in [0.15, 0.2) is 0 Å². The van der Waals surface area contributed by atoms with Crippen LogP contribution in [0.25, 0.3) is 0 Å². The van der Waals surface area contributed by atoms with Crippen molar-refractivity contribution in [2.24, 2.45) is 0 Å². The third-order valence-corrected chi connectivity index (χ3v) is 5.83. The van der Waals surface area contributed by atoms with Crippen LogP contribution in [-0.2, 0) is 23.2 Å². The maximum Gasteiger partial charge on any atom is 0.338 e. The van der Waals surface area contributed by atoms with Crippen molar-refractivity contribution in [3.8, 4) is 0 Å². The van der Waals surface area contributed by atoms with E-state index >= 15 is 0 Å². The minimum absolute atomic E-state index is 0.00581. The fraction of sp³-hybridized carbons (Fsp3) is 0.760. The molecular weight excluding hydrogens is 457 g/mol. The zero-order chi connectivity index (χ0) is 26.6. The van der Waals surface area contributed by atoms with Gasteiger partial charge in [0, 0.05) is 11.1 Å². The molecule has 0 fully saturated rings. The zero-order valence-electron chi connectivity index (χ0n) is 22.1. The lowest BCUT2D eigenvalue weighted by Gasteiger charge is -2.26. The van der Waals surface area contributed by atoms with Crippen molar-refractivity contribution in [2.75, 3.05) is 34.3 Å². The Balaban J connectivity index is 0. The van der Waals surface area contributed by atoms with Crippen molar-refractivity contribution in [1.29, 1.82) is 0 Å². The summed E-state index contributed by atoms with van der Waals surface area (Å²) in [6.45, 7) is 10.9. The van der Waals surface area contributed by atoms with Gasteiger partial charge in [-0.15, -0.1) is 0 Å². The SMILES string of the molecule is C=C(C)C(=O)OP(=O)([O-])OCC[N+](C)(C)C.C=C(CCCCCCCCCCCCC)C(=O)O. The molecule has 200 valence electrons. The number of unbranched alkanes of at least 4 members (excludes halogenated alkanes) is 10. The van der Waals surface area contributed by atoms with Crippen molar-refractivity contribution < 1.29 is 37.7 Å². The molecule has 0 spiro atoms. The Morgan fingerprint density at radius 3 is 1.74 bits per heavy atom. The molecule has 1 unspecified atom stereocenters. The van der Waals surface area contributed by atoms with Gasteiger partial charge in [-0.3, -0.25) is 4.57 Å². The molecule has 1 N–H and O–H groups in total. The van der Waals surface area contributed by atoms with Crippen LogP contribution < -0.4 is 4.89 Å². The molecule has 0 radical (unpaired) electrons. The van der Waals surface area contributed by atoms with Crippen LogP contribution in [0.15, 0.2) is 24.3 Å². The van der Waals surface area contributed by atoms with Crippen LogP contribution in [0.4, 0.5) is 0 Å². The molecule has 0 rings (SSSR count). The minimum Gasteiger partial charge on any atom is -0.746 e. The number of hydrogen-bond donors (Lipinski definition) is 1. The van der Waals surface area contributed by atoms with Crippen LogP contribution in [0.1, 0.15) is 90.9 Å². The Hall–Kier alpha value is -1.47. The molecule has 0 heterocycles. The highest BCUT2D eigenvalue weighted by Gasteiger charge is 2.17. The van der Waals surface area contributed by atoms with Crippen LogP contribution in [0, 0.1) is 0 Å². The highest BCUT2D eigenvalue weighted by Crippen LogP contribution is 2.38. The van der Waals surface area contributed by atoms with E-state index in [1.54, 1.807) is 0 Å². The third-order valence-electron chi connectivity index (χ3n) is 4.94. The van der Waals surface area contributed by atoms with Crippen molar-refractivity contribution >= 4 is 19.8 Å². The molecule has 0 bridgehead atoms. The Morgan fingerprint density at radius 1 is 0.912 bits per heavy atom. The van der Waals surface area contributed by atoms with E-state index in [4.69, 9.17) is 5.11 Å². The van der Waals surface area contributed by atoms with Crippen LogP contribution >= 0.6 is 7.82 Å². The maximum atomic E-state index is 11.1. The van der Waals surface area contributed by atoms with Gasteiger partial charge in [-0.1, -0.05) is 84.3 Å². The number of rotatable bonds is 19. The fourth-order valence-corrected chi connectivity index (χ4v) is 3.46. The van der Waals surface area contributed by atoms with E-state index in [-0.39, 0.29) is 12.2 Å². The average Bonchev–Trinajstić information content (AvgIpc) is 2.70. The lowest BCUT2D eigenvalue weighted by atomic mass is 10.0. The first-order valence-electron chi connectivity index (χ1n) is 12.3. The summed E-state index contributed by atoms with van der Waals surface area (Å²) >= 11 is 0. The Morgan fingerprint density at radius 2 is 1.35 bits per heavy atom. The molecule has 0 amide bonds. The number of quaternary nitrogens is 1. The lowest BCUT2D eigenvalue weighted by molar-refractivity contribution is -0.870. The second kappa shape index (κ2) is 19.8. The molecule has 0 aliphatic heterocycles. The van der Waals surface area contributed by atoms with Gasteiger partial charge < -0.3 is 23.5 Å². The number of phosphoric ester groups is 1. The standard InChI is InChI=1S/C16H30O2.C9H18NO5P/c1-3-4-5-6-7-8-9-10-11-12-13-14-15(2)16(17)18;1-8(2)9(11)15-16(12,13)14-7-6-10(3,4)5/h2-14H2,1H3,(H,17,18);1,6-7H2,2-5H3. The summed E-state index contributed by atoms with van der Waals surface area (Å²) in [4.78, 5) is 32.6. The number of likely N-dealkylation sites (N-methyl/N-ethyl adjacent to an activating group) is 1. The Labute approximate surface area is 207 Å². The van der Waals surface area contributed by atoms with Crippen LogP contribution in [-0.4, -0.2) is 55.8 Å². The van der Waals surface area contributed by atoms with Gasteiger partial charge in [-0.25, -0.2) is 9.59 Å². The van der Waals surface area contributed by atoms with E-state index in [1.807, 2.05) is 21.1 Å². The van der Waals surface area contributed by atoms with Crippen molar-refractivity contribution in [2.45, 2.75) is 90.9 Å². The van der Waals surface area contributed by atoms with E-state index < -0.39 is 19.8 Å². The van der Waals surface area contributed by atoms with Crippen LogP contribution in [0.2, 0.25) is 0 Å². The molecule has 0 aromatic heterocycles. The molecule has 0 saturated carbocycles. The molecule has 1 atom stereocenters. The number of carboxylic acids is 1. The lowest BCUT2D eigenvalue weighted by Crippen LogP contribution is -2.37. The first-order valence-corrected chi connectivity index (χ1v) is 13.7. The number of aliphatic carboxylic acids is 1. The highest BCUT2D eigenvalue weighted by molar-refractivity contribution is 7.46. The first kappa shape index (κ1) is 34.7. The Bertz CT molecular complexity index is 656. The number of carboxylic acid groups (broad SMARTS) is 1. The fourth-order valence-electron chi connectivity index (χ4n) is 2.74. The van der Waals surface area contributed by atoms with E-state index in [9.17, 15) is 19.0 Å². The monoisotopic (exact) mass is 505 g/mol. The topological polar surface area (TPSA) is 113 Å². The van der Waals surface area contributed by atoms with E-state index in [0.717, 1.165) is 12.8 Å². The van der Waals surface area contributed by atoms with Gasteiger partial charge >= 0.3 is 19.8 Å². The summed E-state index contributed by atoms with van der Waals surface area (Å²) in [5.74, 6) is -1.84. The van der Waals surface area contributed by atoms with Gasteiger partial charge in [0.25, 0.3) is 0 Å². The molecule has 0 aliphatic rings. The molecule has 0 aromatic carbocycles. The molecule has 0 aliphatic carbocycles. The van der Waals surface area contributed by atoms with Crippen LogP contribution in [0.3, 0.4) is 0 Å². The quantitative estimate of drug-likeness (QED) is 0.105. The predicted octanol–water partition coefficient (Wildman–Crippen LogP) is 5.63. The van der Waals surface area contributed by atoms with Gasteiger partial charge in [0.05, 0.1) is 21.1 Å². The van der Waals surface area contributed by atoms with Crippen molar-refractivity contribution in [3.05, 3.63) is 24.3 Å². The van der Waals surface area contributed by atoms with Gasteiger partial charge in [-0.05, 0) is 19.8 Å². The largest absolute Gasteiger partial charge is 0.746 e. The summed E-state index contributed by atoms with van der Waals surface area (Å²) in [6, 6.07) is 0. The number of carbonyl (C=O) groups is 2. The highest BCUT2D eigenvalue weighted by atomic mass is 31.2. The Kier molecular flexibility index (Phi) is 20.2. The van der Waals surface area contributed by atoms with E-state index in [2.05, 4.69) is 29.1 Å². The summed E-state index contributed by atoms with van der Waals surface area (Å²) in [6.07, 6.45) is 14.9. The number of phosphoric acid groups is 1. The van der Waals surface area contributed by atoms with E-state index in [0.29, 0.717) is 23.0 Å². The third kappa shape index (κ3) is 25.2. The molecule has 9 heteroatoms. The first-order chi connectivity index (χ1) is 15.7. The number of hydrogen-bond acceptors (Lipinski definition) is 6. The summed E-state index contributed by atoms with van der Waals surface area (Å²) < 4.78 is 20.4. The summed E-state index contributed by atoms with van der Waals surface area (Å²) in [5, 5.41) is 8.64. The minimum atomic E-state index is -4.56. The molecular formula is C25H48NO7P. The summed E-state index contributed by atoms with van der Waals surface area (Å²) in [5.41, 5.74) is 0.359. The predicted molar refractivity (Wildman–Crippen MR) is 135 cm³/mol. The van der Waals surface area contributed by atoms with Gasteiger partial charge in [-0.2, -0.15) is 0 Å². The number of nitrogens with zero attached hydrogens (tertiary/aromatic N) is 1. The molecule has 8 nitrogen and oxygen atoms in total. The second-order valence-electron chi connectivity index (χ2n) is 9.65. The average molecular weight is 506 g/mol. The smallest absolute Gasteiger partial charge is 0.338 e. The summed E-state index contributed by atoms with van der Waals surface area (Å²) in [7, 11) is 1.10. The van der Waals surface area contributed by atoms with Crippen molar-refractivity contribution in [1.82, 2.24) is 0 Å². The van der Waals surface area contributed by atoms with Crippen molar-refractivity contribution in [3.63, 3.8) is 0 Å². The molecule has 34 heavy (non-hydrogen) atoms. The molecule has 0 saturated heterocycles. The van der Waals surface area contributed by atoms with E-state index in [1.165, 1.54) is 64.7 Å². The normalized spacial score (nSPS) is 12.8. The van der Waals surface area contributed by atoms with Gasteiger partial charge in [0.1, 0.15) is 13.2 Å². The zero-order valence-corrected chi connectivity index (χ0v) is 23.0. The van der Waals surface area contributed by atoms with Gasteiger partial charge in [0.2, 0.25) is 0 Å². The number of carbonyl (C=O) groups excluding carboxylic acids is 1. The molecule has 0 aromatic rings.